The van der Waals surface area contributed by atoms with Crippen LogP contribution >= 0.6 is 0 Å². The number of pyridine rings is 1. The molecule has 78 valence electrons. The van der Waals surface area contributed by atoms with Crippen LogP contribution in [0.5, 0.6) is 5.75 Å². The highest BCUT2D eigenvalue weighted by atomic mass is 16.5. The fourth-order valence-corrected chi connectivity index (χ4v) is 1.61. The molecule has 1 aromatic carbocycles. The van der Waals surface area contributed by atoms with E-state index in [1.807, 2.05) is 32.0 Å². The van der Waals surface area contributed by atoms with Gasteiger partial charge in [0.25, 0.3) is 0 Å². The van der Waals surface area contributed by atoms with Crippen molar-refractivity contribution in [2.75, 3.05) is 6.61 Å². The van der Waals surface area contributed by atoms with Crippen LogP contribution in [0, 0.1) is 13.8 Å². The third-order valence-electron chi connectivity index (χ3n) is 2.54. The van der Waals surface area contributed by atoms with Gasteiger partial charge < -0.3 is 4.74 Å². The third-order valence-corrected chi connectivity index (χ3v) is 2.54. The minimum Gasteiger partial charge on any atom is -0.494 e. The van der Waals surface area contributed by atoms with Gasteiger partial charge in [-0.25, -0.2) is 0 Å². The van der Waals surface area contributed by atoms with Gasteiger partial charge in [0.1, 0.15) is 5.75 Å². The molecule has 0 radical (unpaired) electrons. The zero-order chi connectivity index (χ0) is 10.8. The van der Waals surface area contributed by atoms with Crippen LogP contribution in [0.25, 0.3) is 10.9 Å². The molecule has 0 aliphatic heterocycles. The second-order valence-corrected chi connectivity index (χ2v) is 3.68. The Kier molecular flexibility index (Phi) is 2.58. The highest BCUT2D eigenvalue weighted by molar-refractivity contribution is 5.81. The van der Waals surface area contributed by atoms with Gasteiger partial charge in [-0.2, -0.15) is 0 Å². The van der Waals surface area contributed by atoms with E-state index in [0.717, 1.165) is 22.3 Å². The summed E-state index contributed by atoms with van der Waals surface area (Å²) in [6, 6.07) is 8.17. The summed E-state index contributed by atoms with van der Waals surface area (Å²) in [6.45, 7) is 6.80. The average molecular weight is 201 g/mol. The Morgan fingerprint density at radius 3 is 2.73 bits per heavy atom. The van der Waals surface area contributed by atoms with Gasteiger partial charge in [0.15, 0.2) is 0 Å². The maximum absolute atomic E-state index is 5.46. The number of aryl methyl sites for hydroxylation is 2. The van der Waals surface area contributed by atoms with Crippen molar-refractivity contribution in [1.82, 2.24) is 4.98 Å². The second kappa shape index (κ2) is 3.89. The Labute approximate surface area is 89.9 Å². The molecule has 1 aromatic heterocycles. The monoisotopic (exact) mass is 201 g/mol. The van der Waals surface area contributed by atoms with E-state index in [2.05, 4.69) is 18.0 Å². The molecule has 0 N–H and O–H groups in total. The number of benzene rings is 1. The predicted octanol–water partition coefficient (Wildman–Crippen LogP) is 3.25. The van der Waals surface area contributed by atoms with E-state index in [1.165, 1.54) is 5.56 Å². The molecule has 0 fully saturated rings. The minimum absolute atomic E-state index is 0.698. The number of aromatic nitrogens is 1. The first-order valence-electron chi connectivity index (χ1n) is 5.21. The zero-order valence-electron chi connectivity index (χ0n) is 9.37. The van der Waals surface area contributed by atoms with Crippen molar-refractivity contribution in [2.45, 2.75) is 20.8 Å². The number of rotatable bonds is 2. The maximum Gasteiger partial charge on any atom is 0.120 e. The quantitative estimate of drug-likeness (QED) is 0.744. The molecule has 15 heavy (non-hydrogen) atoms. The van der Waals surface area contributed by atoms with Gasteiger partial charge >= 0.3 is 0 Å². The molecule has 0 saturated carbocycles. The van der Waals surface area contributed by atoms with Crippen molar-refractivity contribution >= 4 is 10.9 Å². The van der Waals surface area contributed by atoms with Gasteiger partial charge in [0.2, 0.25) is 0 Å². The number of nitrogens with zero attached hydrogens (tertiary/aromatic N) is 1. The predicted molar refractivity (Wildman–Crippen MR) is 62.4 cm³/mol. The summed E-state index contributed by atoms with van der Waals surface area (Å²) in [5.41, 5.74) is 3.34. The number of hydrogen-bond acceptors (Lipinski definition) is 2. The third kappa shape index (κ3) is 1.94. The van der Waals surface area contributed by atoms with Gasteiger partial charge in [-0.3, -0.25) is 4.98 Å². The molecule has 0 aliphatic carbocycles. The SMILES string of the molecule is CCOc1ccc2nc(C)c(C)cc2c1. The van der Waals surface area contributed by atoms with Crippen LogP contribution in [-0.2, 0) is 0 Å². The largest absolute Gasteiger partial charge is 0.494 e. The Bertz CT molecular complexity index is 491. The second-order valence-electron chi connectivity index (χ2n) is 3.68. The van der Waals surface area contributed by atoms with Crippen LogP contribution in [0.3, 0.4) is 0 Å². The fraction of sp³-hybridized carbons (Fsp3) is 0.308. The lowest BCUT2D eigenvalue weighted by molar-refractivity contribution is 0.340. The normalized spacial score (nSPS) is 10.6. The Morgan fingerprint density at radius 1 is 1.20 bits per heavy atom. The van der Waals surface area contributed by atoms with Gasteiger partial charge in [0, 0.05) is 11.1 Å². The Morgan fingerprint density at radius 2 is 2.00 bits per heavy atom. The highest BCUT2D eigenvalue weighted by Crippen LogP contribution is 2.21. The van der Waals surface area contributed by atoms with Crippen LogP contribution in [-0.4, -0.2) is 11.6 Å². The summed E-state index contributed by atoms with van der Waals surface area (Å²) in [5, 5.41) is 1.14. The number of fused-ring (bicyclic) bond motifs is 1. The number of ether oxygens (including phenoxy) is 1. The first-order valence-corrected chi connectivity index (χ1v) is 5.21. The molecule has 2 aromatic rings. The highest BCUT2D eigenvalue weighted by Gasteiger charge is 2.01. The molecule has 0 bridgehead atoms. The molecule has 0 amide bonds. The van der Waals surface area contributed by atoms with Gasteiger partial charge in [-0.1, -0.05) is 0 Å². The van der Waals surface area contributed by atoms with Crippen LogP contribution < -0.4 is 4.74 Å². The topological polar surface area (TPSA) is 22.1 Å². The molecule has 0 saturated heterocycles. The number of hydrogen-bond donors (Lipinski definition) is 0. The van der Waals surface area contributed by atoms with Crippen LogP contribution in [0.2, 0.25) is 0 Å². The van der Waals surface area contributed by atoms with Crippen molar-refractivity contribution in [3.8, 4) is 5.75 Å². The fourth-order valence-electron chi connectivity index (χ4n) is 1.61. The van der Waals surface area contributed by atoms with Crippen molar-refractivity contribution < 1.29 is 4.74 Å². The molecule has 2 rings (SSSR count). The lowest BCUT2D eigenvalue weighted by atomic mass is 10.1. The summed E-state index contributed by atoms with van der Waals surface area (Å²) in [6.07, 6.45) is 0. The zero-order valence-corrected chi connectivity index (χ0v) is 9.37. The molecular weight excluding hydrogens is 186 g/mol. The molecule has 0 spiro atoms. The van der Waals surface area contributed by atoms with E-state index in [9.17, 15) is 0 Å². The van der Waals surface area contributed by atoms with E-state index < -0.39 is 0 Å². The van der Waals surface area contributed by atoms with E-state index >= 15 is 0 Å². The minimum atomic E-state index is 0.698. The molecule has 2 nitrogen and oxygen atoms in total. The summed E-state index contributed by atoms with van der Waals surface area (Å²) in [7, 11) is 0. The molecule has 2 heteroatoms. The van der Waals surface area contributed by atoms with E-state index in [0.29, 0.717) is 6.61 Å². The summed E-state index contributed by atoms with van der Waals surface area (Å²) in [5.74, 6) is 0.912. The molecule has 1 heterocycles. The van der Waals surface area contributed by atoms with Crippen molar-refractivity contribution in [3.63, 3.8) is 0 Å². The van der Waals surface area contributed by atoms with Gasteiger partial charge in [-0.15, -0.1) is 0 Å². The first kappa shape index (κ1) is 9.97. The lowest BCUT2D eigenvalue weighted by Crippen LogP contribution is -1.92. The van der Waals surface area contributed by atoms with Crippen molar-refractivity contribution in [3.05, 3.63) is 35.5 Å². The van der Waals surface area contributed by atoms with E-state index in [1.54, 1.807) is 0 Å². The lowest BCUT2D eigenvalue weighted by Gasteiger charge is -2.06. The molecule has 0 atom stereocenters. The Hall–Kier alpha value is -1.57. The molecular formula is C13H15NO. The summed E-state index contributed by atoms with van der Waals surface area (Å²) in [4.78, 5) is 4.52. The van der Waals surface area contributed by atoms with Crippen LogP contribution in [0.4, 0.5) is 0 Å². The standard InChI is InChI=1S/C13H15NO/c1-4-15-12-5-6-13-11(8-12)7-9(2)10(3)14-13/h5-8H,4H2,1-3H3. The molecule has 0 unspecified atom stereocenters. The first-order chi connectivity index (χ1) is 7.20. The van der Waals surface area contributed by atoms with Crippen LogP contribution in [0.15, 0.2) is 24.3 Å². The average Bonchev–Trinajstić information content (AvgIpc) is 2.21. The molecule has 0 aliphatic rings. The van der Waals surface area contributed by atoms with Gasteiger partial charge in [0.05, 0.1) is 12.1 Å². The van der Waals surface area contributed by atoms with E-state index in [-0.39, 0.29) is 0 Å². The maximum atomic E-state index is 5.46. The van der Waals surface area contributed by atoms with E-state index in [4.69, 9.17) is 4.74 Å². The summed E-state index contributed by atoms with van der Waals surface area (Å²) >= 11 is 0. The van der Waals surface area contributed by atoms with Crippen molar-refractivity contribution in [1.29, 1.82) is 0 Å². The van der Waals surface area contributed by atoms with Crippen LogP contribution in [0.1, 0.15) is 18.2 Å². The smallest absolute Gasteiger partial charge is 0.120 e. The Balaban J connectivity index is 2.56. The van der Waals surface area contributed by atoms with Gasteiger partial charge in [-0.05, 0) is 50.6 Å². The van der Waals surface area contributed by atoms with Crippen molar-refractivity contribution in [2.24, 2.45) is 0 Å². The summed E-state index contributed by atoms with van der Waals surface area (Å²) < 4.78 is 5.46.